The standard InChI is InChI=1S/C13H13FN2/c1-8-9(2)13(16-15-10(8)3)11-4-6-12(14)7-5-11/h4-7H,1-3H3. The highest BCUT2D eigenvalue weighted by Gasteiger charge is 2.08. The fourth-order valence-electron chi connectivity index (χ4n) is 1.61. The summed E-state index contributed by atoms with van der Waals surface area (Å²) in [6.07, 6.45) is 0. The van der Waals surface area contributed by atoms with E-state index in [1.54, 1.807) is 12.1 Å². The van der Waals surface area contributed by atoms with Gasteiger partial charge in [0.25, 0.3) is 0 Å². The van der Waals surface area contributed by atoms with Crippen molar-refractivity contribution >= 4 is 0 Å². The lowest BCUT2D eigenvalue weighted by atomic mass is 10.0. The van der Waals surface area contributed by atoms with Gasteiger partial charge >= 0.3 is 0 Å². The number of nitrogens with zero attached hydrogens (tertiary/aromatic N) is 2. The zero-order valence-electron chi connectivity index (χ0n) is 9.58. The number of aromatic nitrogens is 2. The molecule has 16 heavy (non-hydrogen) atoms. The molecule has 0 aliphatic heterocycles. The molecule has 0 unspecified atom stereocenters. The molecule has 1 heterocycles. The molecule has 0 fully saturated rings. The second kappa shape index (κ2) is 4.00. The topological polar surface area (TPSA) is 25.8 Å². The van der Waals surface area contributed by atoms with Gasteiger partial charge in [-0.15, -0.1) is 5.10 Å². The number of hydrogen-bond donors (Lipinski definition) is 0. The average molecular weight is 216 g/mol. The van der Waals surface area contributed by atoms with Gasteiger partial charge in [-0.3, -0.25) is 0 Å². The maximum absolute atomic E-state index is 12.8. The molecule has 0 amide bonds. The van der Waals surface area contributed by atoms with Crippen LogP contribution in [0.25, 0.3) is 11.3 Å². The van der Waals surface area contributed by atoms with E-state index in [0.29, 0.717) is 0 Å². The van der Waals surface area contributed by atoms with Crippen LogP contribution in [0, 0.1) is 26.6 Å². The molecule has 2 rings (SSSR count). The number of hydrogen-bond acceptors (Lipinski definition) is 2. The second-order valence-electron chi connectivity index (χ2n) is 3.89. The number of rotatable bonds is 1. The third kappa shape index (κ3) is 1.81. The first-order valence-corrected chi connectivity index (χ1v) is 5.16. The van der Waals surface area contributed by atoms with Crippen molar-refractivity contribution in [1.82, 2.24) is 10.2 Å². The first-order valence-electron chi connectivity index (χ1n) is 5.16. The summed E-state index contributed by atoms with van der Waals surface area (Å²) in [6, 6.07) is 6.32. The molecule has 0 aliphatic rings. The van der Waals surface area contributed by atoms with Crippen LogP contribution in [-0.4, -0.2) is 10.2 Å². The molecule has 0 N–H and O–H groups in total. The number of benzene rings is 1. The van der Waals surface area contributed by atoms with E-state index in [-0.39, 0.29) is 5.82 Å². The molecule has 3 heteroatoms. The van der Waals surface area contributed by atoms with Gasteiger partial charge in [0.1, 0.15) is 5.82 Å². The lowest BCUT2D eigenvalue weighted by Gasteiger charge is -2.08. The van der Waals surface area contributed by atoms with E-state index in [0.717, 1.165) is 28.1 Å². The SMILES string of the molecule is Cc1nnc(-c2ccc(F)cc2)c(C)c1C. The summed E-state index contributed by atoms with van der Waals surface area (Å²) in [7, 11) is 0. The Morgan fingerprint density at radius 1 is 0.875 bits per heavy atom. The maximum atomic E-state index is 12.8. The van der Waals surface area contributed by atoms with E-state index < -0.39 is 0 Å². The molecule has 82 valence electrons. The van der Waals surface area contributed by atoms with Crippen LogP contribution < -0.4 is 0 Å². The van der Waals surface area contributed by atoms with Gasteiger partial charge in [0.2, 0.25) is 0 Å². The average Bonchev–Trinajstić information content (AvgIpc) is 2.28. The molecular weight excluding hydrogens is 203 g/mol. The molecule has 0 radical (unpaired) electrons. The minimum atomic E-state index is -0.238. The van der Waals surface area contributed by atoms with Crippen molar-refractivity contribution < 1.29 is 4.39 Å². The van der Waals surface area contributed by atoms with E-state index in [2.05, 4.69) is 10.2 Å². The minimum absolute atomic E-state index is 0.238. The Morgan fingerprint density at radius 2 is 1.50 bits per heavy atom. The molecule has 2 nitrogen and oxygen atoms in total. The van der Waals surface area contributed by atoms with Crippen LogP contribution in [0.3, 0.4) is 0 Å². The van der Waals surface area contributed by atoms with Gasteiger partial charge in [0.15, 0.2) is 0 Å². The van der Waals surface area contributed by atoms with Crippen LogP contribution >= 0.6 is 0 Å². The lowest BCUT2D eigenvalue weighted by molar-refractivity contribution is 0.628. The van der Waals surface area contributed by atoms with Crippen molar-refractivity contribution in [3.05, 3.63) is 46.9 Å². The third-order valence-electron chi connectivity index (χ3n) is 2.88. The maximum Gasteiger partial charge on any atom is 0.123 e. The van der Waals surface area contributed by atoms with Crippen molar-refractivity contribution in [2.75, 3.05) is 0 Å². The van der Waals surface area contributed by atoms with Gasteiger partial charge in [0, 0.05) is 5.56 Å². The van der Waals surface area contributed by atoms with Gasteiger partial charge in [-0.2, -0.15) is 5.10 Å². The van der Waals surface area contributed by atoms with Crippen molar-refractivity contribution in [2.45, 2.75) is 20.8 Å². The normalized spacial score (nSPS) is 10.5. The fraction of sp³-hybridized carbons (Fsp3) is 0.231. The number of halogens is 1. The fourth-order valence-corrected chi connectivity index (χ4v) is 1.61. The van der Waals surface area contributed by atoms with Crippen molar-refractivity contribution in [3.8, 4) is 11.3 Å². The van der Waals surface area contributed by atoms with Crippen LogP contribution in [0.15, 0.2) is 24.3 Å². The molecule has 0 atom stereocenters. The molecule has 0 saturated heterocycles. The van der Waals surface area contributed by atoms with Gasteiger partial charge in [-0.05, 0) is 56.2 Å². The summed E-state index contributed by atoms with van der Waals surface area (Å²) in [5.74, 6) is -0.238. The van der Waals surface area contributed by atoms with Crippen molar-refractivity contribution in [1.29, 1.82) is 0 Å². The predicted molar refractivity (Wildman–Crippen MR) is 61.6 cm³/mol. The summed E-state index contributed by atoms with van der Waals surface area (Å²) in [6.45, 7) is 5.96. The Kier molecular flexibility index (Phi) is 2.69. The Balaban J connectivity index is 2.57. The largest absolute Gasteiger partial charge is 0.207 e. The first-order chi connectivity index (χ1) is 7.59. The Morgan fingerprint density at radius 3 is 2.12 bits per heavy atom. The van der Waals surface area contributed by atoms with E-state index in [4.69, 9.17) is 0 Å². The lowest BCUT2D eigenvalue weighted by Crippen LogP contribution is -1.98. The summed E-state index contributed by atoms with van der Waals surface area (Å²) in [5, 5.41) is 8.26. The highest BCUT2D eigenvalue weighted by Crippen LogP contribution is 2.23. The summed E-state index contributed by atoms with van der Waals surface area (Å²) in [4.78, 5) is 0. The van der Waals surface area contributed by atoms with Crippen molar-refractivity contribution in [2.24, 2.45) is 0 Å². The quantitative estimate of drug-likeness (QED) is 0.731. The monoisotopic (exact) mass is 216 g/mol. The zero-order valence-corrected chi connectivity index (χ0v) is 9.58. The minimum Gasteiger partial charge on any atom is -0.207 e. The molecule has 1 aromatic carbocycles. The molecule has 0 bridgehead atoms. The van der Waals surface area contributed by atoms with E-state index in [1.165, 1.54) is 12.1 Å². The first kappa shape index (κ1) is 10.7. The Hall–Kier alpha value is -1.77. The van der Waals surface area contributed by atoms with E-state index >= 15 is 0 Å². The van der Waals surface area contributed by atoms with Crippen LogP contribution in [-0.2, 0) is 0 Å². The van der Waals surface area contributed by atoms with Crippen LogP contribution in [0.5, 0.6) is 0 Å². The molecular formula is C13H13FN2. The van der Waals surface area contributed by atoms with Gasteiger partial charge in [-0.1, -0.05) is 0 Å². The Labute approximate surface area is 94.2 Å². The smallest absolute Gasteiger partial charge is 0.123 e. The predicted octanol–water partition coefficient (Wildman–Crippen LogP) is 3.21. The van der Waals surface area contributed by atoms with Crippen LogP contribution in [0.4, 0.5) is 4.39 Å². The van der Waals surface area contributed by atoms with Gasteiger partial charge in [0.05, 0.1) is 11.4 Å². The molecule has 0 saturated carbocycles. The molecule has 0 aliphatic carbocycles. The summed E-state index contributed by atoms with van der Waals surface area (Å²) in [5.41, 5.74) is 4.88. The highest BCUT2D eigenvalue weighted by atomic mass is 19.1. The summed E-state index contributed by atoms with van der Waals surface area (Å²) >= 11 is 0. The summed E-state index contributed by atoms with van der Waals surface area (Å²) < 4.78 is 12.8. The van der Waals surface area contributed by atoms with E-state index in [9.17, 15) is 4.39 Å². The van der Waals surface area contributed by atoms with E-state index in [1.807, 2.05) is 20.8 Å². The molecule has 0 spiro atoms. The highest BCUT2D eigenvalue weighted by molar-refractivity contribution is 5.63. The van der Waals surface area contributed by atoms with Crippen molar-refractivity contribution in [3.63, 3.8) is 0 Å². The molecule has 2 aromatic rings. The second-order valence-corrected chi connectivity index (χ2v) is 3.89. The van der Waals surface area contributed by atoms with Crippen LogP contribution in [0.2, 0.25) is 0 Å². The Bertz CT molecular complexity index is 518. The molecule has 1 aromatic heterocycles. The van der Waals surface area contributed by atoms with Gasteiger partial charge in [-0.25, -0.2) is 4.39 Å². The van der Waals surface area contributed by atoms with Crippen LogP contribution in [0.1, 0.15) is 16.8 Å². The number of aryl methyl sites for hydroxylation is 1. The van der Waals surface area contributed by atoms with Gasteiger partial charge < -0.3 is 0 Å². The zero-order chi connectivity index (χ0) is 11.7. The third-order valence-corrected chi connectivity index (χ3v) is 2.88.